The van der Waals surface area contributed by atoms with Crippen molar-refractivity contribution in [3.05, 3.63) is 66.2 Å². The molecule has 0 saturated heterocycles. The average molecular weight is 389 g/mol. The molecule has 27 heavy (non-hydrogen) atoms. The smallest absolute Gasteiger partial charge is 0.240 e. The second-order valence-corrected chi connectivity index (χ2v) is 7.75. The van der Waals surface area contributed by atoms with Crippen molar-refractivity contribution in [2.24, 2.45) is 4.99 Å². The molecular formula is C20H28N4O2S. The first-order chi connectivity index (χ1) is 13.1. The summed E-state index contributed by atoms with van der Waals surface area (Å²) >= 11 is 0. The molecule has 3 N–H and O–H groups in total. The van der Waals surface area contributed by atoms with Gasteiger partial charge in [-0.1, -0.05) is 48.5 Å². The van der Waals surface area contributed by atoms with E-state index in [-0.39, 0.29) is 11.4 Å². The zero-order chi connectivity index (χ0) is 19.4. The van der Waals surface area contributed by atoms with Gasteiger partial charge in [-0.3, -0.25) is 4.99 Å². The van der Waals surface area contributed by atoms with Gasteiger partial charge < -0.3 is 10.6 Å². The summed E-state index contributed by atoms with van der Waals surface area (Å²) in [6.45, 7) is 4.20. The molecule has 0 radical (unpaired) electrons. The highest BCUT2D eigenvalue weighted by atomic mass is 32.2. The van der Waals surface area contributed by atoms with Crippen LogP contribution in [0.4, 0.5) is 0 Å². The second kappa shape index (κ2) is 11.4. The third-order valence-electron chi connectivity index (χ3n) is 3.84. The Morgan fingerprint density at radius 1 is 0.926 bits per heavy atom. The maximum absolute atomic E-state index is 12.2. The van der Waals surface area contributed by atoms with Crippen molar-refractivity contribution in [3.63, 3.8) is 0 Å². The number of sulfonamides is 1. The van der Waals surface area contributed by atoms with Crippen LogP contribution in [0.1, 0.15) is 18.9 Å². The van der Waals surface area contributed by atoms with E-state index < -0.39 is 10.0 Å². The van der Waals surface area contributed by atoms with Crippen molar-refractivity contribution in [2.75, 3.05) is 26.2 Å². The number of aliphatic imine (C=N–C) groups is 1. The zero-order valence-corrected chi connectivity index (χ0v) is 16.5. The van der Waals surface area contributed by atoms with Crippen LogP contribution in [-0.4, -0.2) is 40.6 Å². The molecule has 0 unspecified atom stereocenters. The quantitative estimate of drug-likeness (QED) is 0.331. The number of benzene rings is 2. The molecule has 0 aliphatic rings. The molecule has 0 bridgehead atoms. The van der Waals surface area contributed by atoms with Gasteiger partial charge in [-0.25, -0.2) is 13.1 Å². The lowest BCUT2D eigenvalue weighted by atomic mass is 10.1. The van der Waals surface area contributed by atoms with E-state index in [4.69, 9.17) is 0 Å². The van der Waals surface area contributed by atoms with E-state index in [1.165, 1.54) is 5.56 Å². The van der Waals surface area contributed by atoms with Gasteiger partial charge >= 0.3 is 0 Å². The number of nitrogens with one attached hydrogen (secondary N) is 3. The summed E-state index contributed by atoms with van der Waals surface area (Å²) < 4.78 is 26.9. The number of rotatable bonds is 10. The van der Waals surface area contributed by atoms with Gasteiger partial charge in [0.1, 0.15) is 0 Å². The second-order valence-electron chi connectivity index (χ2n) is 5.99. The number of hydrogen-bond acceptors (Lipinski definition) is 3. The monoisotopic (exact) mass is 388 g/mol. The summed E-state index contributed by atoms with van der Waals surface area (Å²) in [5.41, 5.74) is 1.31. The van der Waals surface area contributed by atoms with Gasteiger partial charge in [0.2, 0.25) is 10.0 Å². The predicted molar refractivity (Wildman–Crippen MR) is 110 cm³/mol. The molecular weight excluding hydrogens is 360 g/mol. The van der Waals surface area contributed by atoms with E-state index in [0.29, 0.717) is 19.0 Å². The number of guanidine groups is 1. The van der Waals surface area contributed by atoms with Gasteiger partial charge in [0.05, 0.1) is 4.90 Å². The molecule has 0 aromatic heterocycles. The minimum Gasteiger partial charge on any atom is -0.357 e. The highest BCUT2D eigenvalue weighted by molar-refractivity contribution is 7.89. The van der Waals surface area contributed by atoms with Gasteiger partial charge in [0.25, 0.3) is 0 Å². The van der Waals surface area contributed by atoms with Crippen LogP contribution in [0.2, 0.25) is 0 Å². The third kappa shape index (κ3) is 7.80. The van der Waals surface area contributed by atoms with Crippen LogP contribution in [0.3, 0.4) is 0 Å². The Bertz CT molecular complexity index is 793. The van der Waals surface area contributed by atoms with Crippen molar-refractivity contribution in [2.45, 2.75) is 24.7 Å². The Balaban J connectivity index is 1.73. The van der Waals surface area contributed by atoms with Gasteiger partial charge in [0.15, 0.2) is 5.96 Å². The first-order valence-corrected chi connectivity index (χ1v) is 10.7. The molecule has 146 valence electrons. The van der Waals surface area contributed by atoms with E-state index in [1.54, 1.807) is 30.3 Å². The fourth-order valence-electron chi connectivity index (χ4n) is 2.51. The fraction of sp³-hybridized carbons (Fsp3) is 0.350. The molecule has 7 heteroatoms. The zero-order valence-electron chi connectivity index (χ0n) is 15.7. The summed E-state index contributed by atoms with van der Waals surface area (Å²) in [7, 11) is -3.47. The van der Waals surface area contributed by atoms with Crippen LogP contribution < -0.4 is 15.4 Å². The van der Waals surface area contributed by atoms with Crippen LogP contribution in [0, 0.1) is 0 Å². The van der Waals surface area contributed by atoms with Crippen LogP contribution in [-0.2, 0) is 16.4 Å². The van der Waals surface area contributed by atoms with Crippen LogP contribution in [0.5, 0.6) is 0 Å². The SMILES string of the molecule is CCNC(=NCCCc1ccccc1)NCCNS(=O)(=O)c1ccccc1. The summed E-state index contributed by atoms with van der Waals surface area (Å²) in [6.07, 6.45) is 1.95. The van der Waals surface area contributed by atoms with E-state index in [0.717, 1.165) is 19.4 Å². The van der Waals surface area contributed by atoms with Crippen molar-refractivity contribution in [1.29, 1.82) is 0 Å². The van der Waals surface area contributed by atoms with Crippen LogP contribution in [0.15, 0.2) is 70.6 Å². The van der Waals surface area contributed by atoms with E-state index in [2.05, 4.69) is 32.5 Å². The lowest BCUT2D eigenvalue weighted by molar-refractivity contribution is 0.580. The fourth-order valence-corrected chi connectivity index (χ4v) is 3.56. The standard InChI is InChI=1S/C20H28N4O2S/c1-2-21-20(22-15-9-12-18-10-5-3-6-11-18)23-16-17-24-27(25,26)19-13-7-4-8-14-19/h3-8,10-11,13-14,24H,2,9,12,15-17H2,1H3,(H2,21,22,23). The molecule has 6 nitrogen and oxygen atoms in total. The lowest BCUT2D eigenvalue weighted by Gasteiger charge is -2.12. The largest absolute Gasteiger partial charge is 0.357 e. The first kappa shape index (κ1) is 20.9. The molecule has 0 aliphatic heterocycles. The Hall–Kier alpha value is -2.38. The maximum atomic E-state index is 12.2. The van der Waals surface area contributed by atoms with Crippen molar-refractivity contribution in [3.8, 4) is 0 Å². The molecule has 0 atom stereocenters. The molecule has 0 saturated carbocycles. The summed E-state index contributed by atoms with van der Waals surface area (Å²) in [6, 6.07) is 18.7. The van der Waals surface area contributed by atoms with Gasteiger partial charge in [-0.05, 0) is 37.5 Å². The van der Waals surface area contributed by atoms with E-state index in [9.17, 15) is 8.42 Å². The molecule has 0 heterocycles. The highest BCUT2D eigenvalue weighted by Gasteiger charge is 2.11. The topological polar surface area (TPSA) is 82.6 Å². The number of hydrogen-bond donors (Lipinski definition) is 3. The van der Waals surface area contributed by atoms with Crippen LogP contribution in [0.25, 0.3) is 0 Å². The molecule has 2 rings (SSSR count). The lowest BCUT2D eigenvalue weighted by Crippen LogP contribution is -2.41. The Kier molecular flexibility index (Phi) is 8.80. The summed E-state index contributed by atoms with van der Waals surface area (Å²) in [4.78, 5) is 4.81. The van der Waals surface area contributed by atoms with Crippen molar-refractivity contribution in [1.82, 2.24) is 15.4 Å². The highest BCUT2D eigenvalue weighted by Crippen LogP contribution is 2.06. The molecule has 0 aliphatic carbocycles. The normalized spacial score (nSPS) is 12.0. The maximum Gasteiger partial charge on any atom is 0.240 e. The molecule has 0 fully saturated rings. The Morgan fingerprint density at radius 2 is 1.59 bits per heavy atom. The van der Waals surface area contributed by atoms with Gasteiger partial charge in [-0.2, -0.15) is 0 Å². The van der Waals surface area contributed by atoms with Crippen molar-refractivity contribution < 1.29 is 8.42 Å². The van der Waals surface area contributed by atoms with Gasteiger partial charge in [0, 0.05) is 26.2 Å². The predicted octanol–water partition coefficient (Wildman–Crippen LogP) is 2.15. The number of nitrogens with zero attached hydrogens (tertiary/aromatic N) is 1. The van der Waals surface area contributed by atoms with Crippen LogP contribution >= 0.6 is 0 Å². The minimum atomic E-state index is -3.47. The molecule has 2 aromatic carbocycles. The number of aryl methyl sites for hydroxylation is 1. The van der Waals surface area contributed by atoms with Crippen molar-refractivity contribution >= 4 is 16.0 Å². The third-order valence-corrected chi connectivity index (χ3v) is 5.32. The first-order valence-electron chi connectivity index (χ1n) is 9.22. The Morgan fingerprint density at radius 3 is 2.26 bits per heavy atom. The van der Waals surface area contributed by atoms with E-state index in [1.807, 2.05) is 25.1 Å². The minimum absolute atomic E-state index is 0.270. The summed E-state index contributed by atoms with van der Waals surface area (Å²) in [5, 5.41) is 6.33. The molecule has 0 amide bonds. The van der Waals surface area contributed by atoms with E-state index >= 15 is 0 Å². The average Bonchev–Trinajstić information content (AvgIpc) is 2.70. The molecule has 0 spiro atoms. The molecule has 2 aromatic rings. The Labute approximate surface area is 162 Å². The summed E-state index contributed by atoms with van der Waals surface area (Å²) in [5.74, 6) is 0.699. The van der Waals surface area contributed by atoms with Gasteiger partial charge in [-0.15, -0.1) is 0 Å².